The number of thioether (sulfide) groups is 1. The lowest BCUT2D eigenvalue weighted by Gasteiger charge is -2.05. The molecule has 0 aliphatic carbocycles. The summed E-state index contributed by atoms with van der Waals surface area (Å²) in [6.07, 6.45) is 1.57. The highest BCUT2D eigenvalue weighted by Gasteiger charge is 2.00. The molecule has 15 heavy (non-hydrogen) atoms. The summed E-state index contributed by atoms with van der Waals surface area (Å²) in [6.45, 7) is 4.91. The Hall–Kier alpha value is -0.710. The van der Waals surface area contributed by atoms with Gasteiger partial charge >= 0.3 is 0 Å². The van der Waals surface area contributed by atoms with Crippen molar-refractivity contribution in [2.75, 3.05) is 24.6 Å². The van der Waals surface area contributed by atoms with Crippen LogP contribution >= 0.6 is 11.8 Å². The normalized spacial score (nSPS) is 9.73. The van der Waals surface area contributed by atoms with Crippen molar-refractivity contribution in [1.82, 2.24) is 10.6 Å². The van der Waals surface area contributed by atoms with Crippen LogP contribution in [0.5, 0.6) is 0 Å². The van der Waals surface area contributed by atoms with Gasteiger partial charge in [-0.3, -0.25) is 9.59 Å². The fourth-order valence-electron chi connectivity index (χ4n) is 0.889. The summed E-state index contributed by atoms with van der Waals surface area (Å²) in [5, 5.41) is 5.44. The number of amides is 2. The molecule has 0 unspecified atom stereocenters. The predicted molar refractivity (Wildman–Crippen MR) is 63.9 cm³/mol. The summed E-state index contributed by atoms with van der Waals surface area (Å²) in [4.78, 5) is 22.0. The van der Waals surface area contributed by atoms with E-state index in [2.05, 4.69) is 17.6 Å². The summed E-state index contributed by atoms with van der Waals surface area (Å²) in [7, 11) is 0. The third-order valence-corrected chi connectivity index (χ3v) is 2.84. The Kier molecular flexibility index (Phi) is 9.36. The van der Waals surface area contributed by atoms with E-state index in [4.69, 9.17) is 0 Å². The van der Waals surface area contributed by atoms with Crippen molar-refractivity contribution < 1.29 is 9.59 Å². The van der Waals surface area contributed by atoms with E-state index in [1.54, 1.807) is 18.7 Å². The van der Waals surface area contributed by atoms with Gasteiger partial charge < -0.3 is 10.6 Å². The van der Waals surface area contributed by atoms with Crippen molar-refractivity contribution in [2.45, 2.75) is 26.7 Å². The maximum atomic E-state index is 11.2. The fourth-order valence-corrected chi connectivity index (χ4v) is 1.61. The molecule has 0 atom stereocenters. The Balaban J connectivity index is 3.27. The van der Waals surface area contributed by atoms with Crippen LogP contribution in [0.25, 0.3) is 0 Å². The highest BCUT2D eigenvalue weighted by molar-refractivity contribution is 7.99. The van der Waals surface area contributed by atoms with Crippen molar-refractivity contribution >= 4 is 23.6 Å². The maximum Gasteiger partial charge on any atom is 0.230 e. The second-order valence-electron chi connectivity index (χ2n) is 3.11. The number of carbonyl (C=O) groups is 2. The van der Waals surface area contributed by atoms with E-state index in [0.717, 1.165) is 12.2 Å². The highest BCUT2D eigenvalue weighted by atomic mass is 32.2. The minimum Gasteiger partial charge on any atom is -0.354 e. The number of rotatable bonds is 8. The van der Waals surface area contributed by atoms with Crippen LogP contribution in [0.2, 0.25) is 0 Å². The quantitative estimate of drug-likeness (QED) is 0.608. The first-order valence-electron chi connectivity index (χ1n) is 5.31. The summed E-state index contributed by atoms with van der Waals surface area (Å²) in [6, 6.07) is 0. The summed E-state index contributed by atoms with van der Waals surface area (Å²) in [5.74, 6) is 1.58. The van der Waals surface area contributed by atoms with Gasteiger partial charge in [-0.25, -0.2) is 0 Å². The van der Waals surface area contributed by atoms with Gasteiger partial charge in [0.2, 0.25) is 11.8 Å². The molecule has 0 spiro atoms. The molecule has 0 radical (unpaired) electrons. The lowest BCUT2D eigenvalue weighted by Crippen LogP contribution is -2.35. The zero-order valence-corrected chi connectivity index (χ0v) is 10.3. The van der Waals surface area contributed by atoms with Gasteiger partial charge in [0.25, 0.3) is 0 Å². The van der Waals surface area contributed by atoms with Crippen molar-refractivity contribution in [1.29, 1.82) is 0 Å². The monoisotopic (exact) mass is 232 g/mol. The fraction of sp³-hybridized carbons (Fsp3) is 0.800. The number of carbonyl (C=O) groups excluding carboxylic acids is 2. The van der Waals surface area contributed by atoms with Crippen LogP contribution in [0.4, 0.5) is 0 Å². The highest BCUT2D eigenvalue weighted by Crippen LogP contribution is 2.00. The topological polar surface area (TPSA) is 58.2 Å². The van der Waals surface area contributed by atoms with Gasteiger partial charge in [0.05, 0.1) is 5.75 Å². The van der Waals surface area contributed by atoms with E-state index in [1.807, 2.05) is 0 Å². The lowest BCUT2D eigenvalue weighted by molar-refractivity contribution is -0.121. The van der Waals surface area contributed by atoms with E-state index < -0.39 is 0 Å². The molecule has 0 aromatic heterocycles. The van der Waals surface area contributed by atoms with E-state index in [9.17, 15) is 9.59 Å². The van der Waals surface area contributed by atoms with E-state index >= 15 is 0 Å². The number of hydrogen-bond donors (Lipinski definition) is 2. The molecule has 0 saturated carbocycles. The van der Waals surface area contributed by atoms with E-state index in [0.29, 0.717) is 25.3 Å². The SMILES string of the molecule is CCCSCC(=O)NCCNC(=O)CC. The standard InChI is InChI=1S/C10H20N2O2S/c1-3-7-15-8-10(14)12-6-5-11-9(13)4-2/h3-8H2,1-2H3,(H,11,13)(H,12,14). The number of nitrogens with one attached hydrogen (secondary N) is 2. The van der Waals surface area contributed by atoms with Gasteiger partial charge in [-0.05, 0) is 12.2 Å². The Labute approximate surface area is 95.6 Å². The molecule has 0 aromatic rings. The Morgan fingerprint density at radius 2 is 1.67 bits per heavy atom. The van der Waals surface area contributed by atoms with Gasteiger partial charge in [0.15, 0.2) is 0 Å². The second-order valence-corrected chi connectivity index (χ2v) is 4.21. The Morgan fingerprint density at radius 1 is 1.07 bits per heavy atom. The van der Waals surface area contributed by atoms with Crippen LogP contribution in [0, 0.1) is 0 Å². The van der Waals surface area contributed by atoms with Gasteiger partial charge in [-0.1, -0.05) is 13.8 Å². The molecule has 0 heterocycles. The minimum atomic E-state index is 0.0182. The van der Waals surface area contributed by atoms with Crippen LogP contribution in [-0.4, -0.2) is 36.4 Å². The van der Waals surface area contributed by atoms with Crippen molar-refractivity contribution in [3.05, 3.63) is 0 Å². The van der Waals surface area contributed by atoms with Crippen molar-refractivity contribution in [3.8, 4) is 0 Å². The smallest absolute Gasteiger partial charge is 0.230 e. The first-order valence-corrected chi connectivity index (χ1v) is 6.47. The summed E-state index contributed by atoms with van der Waals surface area (Å²) in [5.41, 5.74) is 0. The Morgan fingerprint density at radius 3 is 2.20 bits per heavy atom. The van der Waals surface area contributed by atoms with Crippen LogP contribution in [0.15, 0.2) is 0 Å². The van der Waals surface area contributed by atoms with Crippen LogP contribution in [0.3, 0.4) is 0 Å². The third-order valence-electron chi connectivity index (χ3n) is 1.67. The molecule has 0 aromatic carbocycles. The molecule has 0 saturated heterocycles. The molecule has 0 bridgehead atoms. The maximum absolute atomic E-state index is 11.2. The lowest BCUT2D eigenvalue weighted by atomic mass is 10.4. The molecule has 0 rings (SSSR count). The van der Waals surface area contributed by atoms with E-state index in [1.165, 1.54) is 0 Å². The van der Waals surface area contributed by atoms with Gasteiger partial charge in [0, 0.05) is 19.5 Å². The van der Waals surface area contributed by atoms with Crippen LogP contribution in [-0.2, 0) is 9.59 Å². The van der Waals surface area contributed by atoms with Gasteiger partial charge in [0.1, 0.15) is 0 Å². The average molecular weight is 232 g/mol. The zero-order valence-electron chi connectivity index (χ0n) is 9.47. The molecule has 0 aliphatic rings. The first kappa shape index (κ1) is 14.3. The minimum absolute atomic E-state index is 0.0182. The molecular weight excluding hydrogens is 212 g/mol. The molecule has 5 heteroatoms. The predicted octanol–water partition coefficient (Wildman–Crippen LogP) is 0.772. The van der Waals surface area contributed by atoms with Crippen molar-refractivity contribution in [2.24, 2.45) is 0 Å². The number of hydrogen-bond acceptors (Lipinski definition) is 3. The first-order chi connectivity index (χ1) is 7.20. The molecule has 0 fully saturated rings. The zero-order chi connectivity index (χ0) is 11.5. The molecule has 2 amide bonds. The average Bonchev–Trinajstić information content (AvgIpc) is 2.24. The molecule has 2 N–H and O–H groups in total. The largest absolute Gasteiger partial charge is 0.354 e. The summed E-state index contributed by atoms with van der Waals surface area (Å²) < 4.78 is 0. The van der Waals surface area contributed by atoms with E-state index in [-0.39, 0.29) is 11.8 Å². The van der Waals surface area contributed by atoms with Crippen LogP contribution < -0.4 is 10.6 Å². The third kappa shape index (κ3) is 9.59. The van der Waals surface area contributed by atoms with Gasteiger partial charge in [-0.2, -0.15) is 11.8 Å². The molecule has 88 valence electrons. The van der Waals surface area contributed by atoms with Crippen molar-refractivity contribution in [3.63, 3.8) is 0 Å². The molecule has 0 aliphatic heterocycles. The second kappa shape index (κ2) is 9.83. The molecule has 4 nitrogen and oxygen atoms in total. The van der Waals surface area contributed by atoms with Crippen LogP contribution in [0.1, 0.15) is 26.7 Å². The molecular formula is C10H20N2O2S. The van der Waals surface area contributed by atoms with Gasteiger partial charge in [-0.15, -0.1) is 0 Å². The Bertz CT molecular complexity index is 198. The summed E-state index contributed by atoms with van der Waals surface area (Å²) >= 11 is 1.63.